The molecule has 22 heavy (non-hydrogen) atoms. The first kappa shape index (κ1) is 14.8. The fourth-order valence-electron chi connectivity index (χ4n) is 2.93. The summed E-state index contributed by atoms with van der Waals surface area (Å²) >= 11 is 0. The number of nitrogen functional groups attached to an aromatic ring is 1. The molecule has 5 nitrogen and oxygen atoms in total. The minimum absolute atomic E-state index is 0.512. The Hall–Kier alpha value is -2.14. The molecule has 2 N–H and O–H groups in total. The van der Waals surface area contributed by atoms with Crippen molar-refractivity contribution in [3.05, 3.63) is 35.2 Å². The maximum atomic E-state index is 5.86. The second kappa shape index (κ2) is 5.93. The van der Waals surface area contributed by atoms with Crippen molar-refractivity contribution in [2.45, 2.75) is 26.3 Å². The third kappa shape index (κ3) is 2.64. The number of rotatable bonds is 3. The Balaban J connectivity index is 2.08. The van der Waals surface area contributed by atoms with E-state index in [4.69, 9.17) is 10.5 Å². The number of likely N-dealkylation sites (N-methyl/N-ethyl adjacent to an activating group) is 1. The van der Waals surface area contributed by atoms with Gasteiger partial charge in [0, 0.05) is 24.2 Å². The minimum Gasteiger partial charge on any atom is -0.496 e. The number of nitrogens with two attached hydrogens (primary N) is 1. The maximum absolute atomic E-state index is 5.86. The molecule has 0 unspecified atom stereocenters. The average Bonchev–Trinajstić information content (AvgIpc) is 2.54. The Labute approximate surface area is 131 Å². The van der Waals surface area contributed by atoms with Crippen LogP contribution in [0.15, 0.2) is 18.3 Å². The van der Waals surface area contributed by atoms with Crippen LogP contribution in [0.2, 0.25) is 0 Å². The molecule has 0 radical (unpaired) electrons. The van der Waals surface area contributed by atoms with Gasteiger partial charge >= 0.3 is 0 Å². The molecular weight excluding hydrogens is 276 g/mol. The third-order valence-corrected chi connectivity index (χ3v) is 4.22. The number of hydrogen-bond donors (Lipinski definition) is 1. The quantitative estimate of drug-likeness (QED) is 0.942. The molecule has 1 aromatic heterocycles. The molecule has 0 bridgehead atoms. The Morgan fingerprint density at radius 2 is 2.18 bits per heavy atom. The number of anilines is 1. The van der Waals surface area contributed by atoms with Crippen molar-refractivity contribution in [3.63, 3.8) is 0 Å². The lowest BCUT2D eigenvalue weighted by molar-refractivity contribution is 0.302. The summed E-state index contributed by atoms with van der Waals surface area (Å²) in [6, 6.07) is 4.27. The van der Waals surface area contributed by atoms with Gasteiger partial charge in [-0.15, -0.1) is 0 Å². The van der Waals surface area contributed by atoms with Crippen molar-refractivity contribution >= 4 is 5.82 Å². The van der Waals surface area contributed by atoms with E-state index in [1.807, 2.05) is 6.92 Å². The van der Waals surface area contributed by atoms with Gasteiger partial charge in [0.15, 0.2) is 0 Å². The topological polar surface area (TPSA) is 64.3 Å². The normalized spacial score (nSPS) is 14.7. The molecule has 1 aromatic carbocycles. The van der Waals surface area contributed by atoms with Crippen LogP contribution in [0.4, 0.5) is 5.82 Å². The van der Waals surface area contributed by atoms with E-state index >= 15 is 0 Å². The monoisotopic (exact) mass is 298 g/mol. The number of nitrogens with zero attached hydrogens (tertiary/aromatic N) is 3. The number of benzene rings is 1. The van der Waals surface area contributed by atoms with Crippen LogP contribution in [0.25, 0.3) is 11.3 Å². The molecular formula is C17H22N4O. The summed E-state index contributed by atoms with van der Waals surface area (Å²) in [5, 5.41) is 0. The summed E-state index contributed by atoms with van der Waals surface area (Å²) in [7, 11) is 3.86. The van der Waals surface area contributed by atoms with Gasteiger partial charge in [-0.25, -0.2) is 9.97 Å². The van der Waals surface area contributed by atoms with Gasteiger partial charge < -0.3 is 15.4 Å². The molecule has 0 saturated heterocycles. The molecule has 3 rings (SSSR count). The summed E-state index contributed by atoms with van der Waals surface area (Å²) in [5.74, 6) is 1.44. The smallest absolute Gasteiger partial charge is 0.145 e. The van der Waals surface area contributed by atoms with Crippen molar-refractivity contribution in [1.82, 2.24) is 14.9 Å². The molecule has 2 heterocycles. The van der Waals surface area contributed by atoms with E-state index in [2.05, 4.69) is 34.0 Å². The van der Waals surface area contributed by atoms with Gasteiger partial charge in [0.2, 0.25) is 0 Å². The highest BCUT2D eigenvalue weighted by molar-refractivity contribution is 5.65. The second-order valence-electron chi connectivity index (χ2n) is 5.74. The fraction of sp³-hybridized carbons (Fsp3) is 0.412. The van der Waals surface area contributed by atoms with Gasteiger partial charge in [0.25, 0.3) is 0 Å². The Morgan fingerprint density at radius 1 is 1.36 bits per heavy atom. The number of aromatic nitrogens is 2. The predicted molar refractivity (Wildman–Crippen MR) is 87.8 cm³/mol. The number of aryl methyl sites for hydroxylation is 1. The van der Waals surface area contributed by atoms with Crippen LogP contribution >= 0.6 is 0 Å². The molecule has 116 valence electrons. The van der Waals surface area contributed by atoms with Gasteiger partial charge in [-0.2, -0.15) is 0 Å². The minimum atomic E-state index is 0.512. The van der Waals surface area contributed by atoms with Crippen LogP contribution in [-0.2, 0) is 19.4 Å². The van der Waals surface area contributed by atoms with Crippen molar-refractivity contribution in [1.29, 1.82) is 0 Å². The van der Waals surface area contributed by atoms with Gasteiger partial charge in [-0.3, -0.25) is 0 Å². The van der Waals surface area contributed by atoms with E-state index in [9.17, 15) is 0 Å². The van der Waals surface area contributed by atoms with Crippen LogP contribution in [-0.4, -0.2) is 35.6 Å². The largest absolute Gasteiger partial charge is 0.496 e. The first-order chi connectivity index (χ1) is 10.6. The molecule has 0 saturated carbocycles. The van der Waals surface area contributed by atoms with Gasteiger partial charge in [-0.1, -0.05) is 6.92 Å². The van der Waals surface area contributed by atoms with Crippen LogP contribution in [0.1, 0.15) is 23.7 Å². The first-order valence-electron chi connectivity index (χ1n) is 7.62. The molecule has 0 aliphatic carbocycles. The highest BCUT2D eigenvalue weighted by atomic mass is 16.5. The number of ether oxygens (including phenoxy) is 1. The van der Waals surface area contributed by atoms with Crippen molar-refractivity contribution in [2.75, 3.05) is 26.4 Å². The summed E-state index contributed by atoms with van der Waals surface area (Å²) in [6.07, 6.45) is 3.54. The molecule has 0 amide bonds. The zero-order valence-corrected chi connectivity index (χ0v) is 13.4. The Morgan fingerprint density at radius 3 is 2.91 bits per heavy atom. The summed E-state index contributed by atoms with van der Waals surface area (Å²) in [5.41, 5.74) is 11.2. The van der Waals surface area contributed by atoms with Crippen molar-refractivity contribution in [3.8, 4) is 17.0 Å². The molecule has 2 aromatic rings. The van der Waals surface area contributed by atoms with Crippen LogP contribution in [0, 0.1) is 0 Å². The standard InChI is InChI=1S/C17H22N4O/c1-4-14-17(18)19-9-15(20-14)12-7-11-5-6-21(2)10-13(11)16(8-12)22-3/h7-9H,4-6,10H2,1-3H3,(H2,18,19). The summed E-state index contributed by atoms with van der Waals surface area (Å²) in [4.78, 5) is 11.2. The number of fused-ring (bicyclic) bond motifs is 1. The SMILES string of the molecule is CCc1nc(-c2cc3c(c(OC)c2)CN(C)CC3)cnc1N. The third-order valence-electron chi connectivity index (χ3n) is 4.22. The summed E-state index contributed by atoms with van der Waals surface area (Å²) in [6.45, 7) is 4.02. The lowest BCUT2D eigenvalue weighted by Gasteiger charge is -2.27. The summed E-state index contributed by atoms with van der Waals surface area (Å²) < 4.78 is 5.60. The predicted octanol–water partition coefficient (Wildman–Crippen LogP) is 2.28. The Bertz CT molecular complexity index is 682. The zero-order chi connectivity index (χ0) is 15.7. The van der Waals surface area contributed by atoms with Crippen molar-refractivity contribution < 1.29 is 4.74 Å². The fourth-order valence-corrected chi connectivity index (χ4v) is 2.93. The molecule has 5 heteroatoms. The van der Waals surface area contributed by atoms with E-state index < -0.39 is 0 Å². The van der Waals surface area contributed by atoms with E-state index in [0.29, 0.717) is 5.82 Å². The zero-order valence-electron chi connectivity index (χ0n) is 13.4. The molecule has 1 aliphatic heterocycles. The average molecular weight is 298 g/mol. The molecule has 0 spiro atoms. The lowest BCUT2D eigenvalue weighted by Crippen LogP contribution is -2.27. The van der Waals surface area contributed by atoms with E-state index in [-0.39, 0.29) is 0 Å². The van der Waals surface area contributed by atoms with E-state index in [1.165, 1.54) is 11.1 Å². The first-order valence-corrected chi connectivity index (χ1v) is 7.62. The van der Waals surface area contributed by atoms with Crippen LogP contribution in [0.3, 0.4) is 0 Å². The van der Waals surface area contributed by atoms with Crippen molar-refractivity contribution in [2.24, 2.45) is 0 Å². The van der Waals surface area contributed by atoms with E-state index in [0.717, 1.165) is 48.6 Å². The second-order valence-corrected chi connectivity index (χ2v) is 5.74. The van der Waals surface area contributed by atoms with Crippen LogP contribution < -0.4 is 10.5 Å². The van der Waals surface area contributed by atoms with Gasteiger partial charge in [0.1, 0.15) is 11.6 Å². The van der Waals surface area contributed by atoms with Gasteiger partial charge in [0.05, 0.1) is 24.7 Å². The van der Waals surface area contributed by atoms with E-state index in [1.54, 1.807) is 13.3 Å². The number of methoxy groups -OCH3 is 1. The van der Waals surface area contributed by atoms with Crippen LogP contribution in [0.5, 0.6) is 5.75 Å². The molecule has 1 aliphatic rings. The maximum Gasteiger partial charge on any atom is 0.145 e. The molecule has 0 fully saturated rings. The highest BCUT2D eigenvalue weighted by Crippen LogP contribution is 2.33. The molecule has 0 atom stereocenters. The highest BCUT2D eigenvalue weighted by Gasteiger charge is 2.19. The Kier molecular flexibility index (Phi) is 3.98. The number of hydrogen-bond acceptors (Lipinski definition) is 5. The lowest BCUT2D eigenvalue weighted by atomic mass is 9.95. The van der Waals surface area contributed by atoms with Gasteiger partial charge in [-0.05, 0) is 37.6 Å².